The summed E-state index contributed by atoms with van der Waals surface area (Å²) < 4.78 is 36.4. The van der Waals surface area contributed by atoms with Crippen molar-refractivity contribution in [3.05, 3.63) is 83.4 Å². The van der Waals surface area contributed by atoms with Gasteiger partial charge in [0, 0.05) is 25.1 Å². The molecule has 4 nitrogen and oxygen atoms in total. The molecule has 6 heteroatoms. The quantitative estimate of drug-likeness (QED) is 0.284. The lowest BCUT2D eigenvalue weighted by Gasteiger charge is -2.39. The lowest BCUT2D eigenvalue weighted by Crippen LogP contribution is -2.44. The number of fused-ring (bicyclic) bond motifs is 1. The predicted molar refractivity (Wildman–Crippen MR) is 156 cm³/mol. The van der Waals surface area contributed by atoms with E-state index in [1.54, 1.807) is 16.4 Å². The van der Waals surface area contributed by atoms with E-state index in [-0.39, 0.29) is 22.9 Å². The molecule has 2 aliphatic rings. The van der Waals surface area contributed by atoms with Crippen molar-refractivity contribution in [2.75, 3.05) is 13.2 Å². The average molecular weight is 538 g/mol. The van der Waals surface area contributed by atoms with Gasteiger partial charge in [-0.3, -0.25) is 0 Å². The SMILES string of the molecule is Cc1ccc(S(=O)(=O)N2C/C3=C(\c4ccccc4)C/C=C\C[C@H](CO[Si](C)(C)C(C)(C)C)[C@@H]3[C@H]2C)cc1. The Labute approximate surface area is 225 Å². The Morgan fingerprint density at radius 1 is 1.00 bits per heavy atom. The number of nitrogens with zero attached hydrogens (tertiary/aromatic N) is 1. The highest BCUT2D eigenvalue weighted by atomic mass is 32.2. The van der Waals surface area contributed by atoms with Crippen LogP contribution in [0.5, 0.6) is 0 Å². The minimum absolute atomic E-state index is 0.102. The fraction of sp³-hybridized carbons (Fsp3) is 0.484. The van der Waals surface area contributed by atoms with Crippen molar-refractivity contribution < 1.29 is 12.8 Å². The van der Waals surface area contributed by atoms with Crippen LogP contribution in [-0.4, -0.2) is 40.2 Å². The van der Waals surface area contributed by atoms with Crippen molar-refractivity contribution in [3.8, 4) is 0 Å². The van der Waals surface area contributed by atoms with Crippen LogP contribution in [0.4, 0.5) is 0 Å². The lowest BCUT2D eigenvalue weighted by atomic mass is 9.77. The van der Waals surface area contributed by atoms with E-state index in [0.717, 1.165) is 18.4 Å². The molecule has 1 aliphatic heterocycles. The average Bonchev–Trinajstić information content (AvgIpc) is 3.16. The molecule has 0 amide bonds. The molecule has 1 aliphatic carbocycles. The van der Waals surface area contributed by atoms with Crippen LogP contribution in [0.15, 0.2) is 77.2 Å². The number of hydrogen-bond acceptors (Lipinski definition) is 3. The second-order valence-electron chi connectivity index (χ2n) is 12.2. The van der Waals surface area contributed by atoms with Crippen LogP contribution >= 0.6 is 0 Å². The largest absolute Gasteiger partial charge is 0.417 e. The van der Waals surface area contributed by atoms with Crippen molar-refractivity contribution in [1.82, 2.24) is 4.31 Å². The first-order valence-electron chi connectivity index (χ1n) is 13.5. The number of rotatable bonds is 6. The Hall–Kier alpha value is -1.99. The van der Waals surface area contributed by atoms with Gasteiger partial charge in [-0.05, 0) is 79.6 Å². The third-order valence-corrected chi connectivity index (χ3v) is 15.2. The van der Waals surface area contributed by atoms with Crippen LogP contribution in [0.3, 0.4) is 0 Å². The second kappa shape index (κ2) is 10.6. The molecule has 0 bridgehead atoms. The maximum absolute atomic E-state index is 13.9. The topological polar surface area (TPSA) is 46.6 Å². The molecule has 0 aromatic heterocycles. The zero-order chi connectivity index (χ0) is 27.0. The summed E-state index contributed by atoms with van der Waals surface area (Å²) in [5.74, 6) is 0.317. The molecule has 3 atom stereocenters. The molecular formula is C31H43NO3SSi. The van der Waals surface area contributed by atoms with Gasteiger partial charge in [0.15, 0.2) is 8.32 Å². The maximum Gasteiger partial charge on any atom is 0.243 e. The molecule has 0 spiro atoms. The molecule has 0 N–H and O–H groups in total. The molecule has 0 unspecified atom stereocenters. The number of aryl methyl sites for hydroxylation is 1. The summed E-state index contributed by atoms with van der Waals surface area (Å²) >= 11 is 0. The highest BCUT2D eigenvalue weighted by molar-refractivity contribution is 7.89. The molecule has 2 aromatic carbocycles. The first-order chi connectivity index (χ1) is 17.3. The second-order valence-corrected chi connectivity index (χ2v) is 18.9. The summed E-state index contributed by atoms with van der Waals surface area (Å²) in [4.78, 5) is 0.369. The number of hydrogen-bond donors (Lipinski definition) is 0. The van der Waals surface area contributed by atoms with Gasteiger partial charge in [-0.15, -0.1) is 0 Å². The molecule has 37 heavy (non-hydrogen) atoms. The smallest absolute Gasteiger partial charge is 0.243 e. The van der Waals surface area contributed by atoms with Crippen LogP contribution in [0.1, 0.15) is 51.7 Å². The summed E-state index contributed by atoms with van der Waals surface area (Å²) in [7, 11) is -5.58. The van der Waals surface area contributed by atoms with E-state index in [1.165, 1.54) is 16.7 Å². The fourth-order valence-corrected chi connectivity index (χ4v) is 8.10. The number of sulfonamides is 1. The predicted octanol–water partition coefficient (Wildman–Crippen LogP) is 7.45. The van der Waals surface area contributed by atoms with E-state index in [4.69, 9.17) is 4.43 Å². The fourth-order valence-electron chi connectivity index (χ4n) is 5.41. The Kier molecular flexibility index (Phi) is 8.06. The molecule has 4 rings (SSSR count). The van der Waals surface area contributed by atoms with Crippen molar-refractivity contribution >= 4 is 23.9 Å². The zero-order valence-electron chi connectivity index (χ0n) is 23.5. The van der Waals surface area contributed by atoms with Crippen LogP contribution < -0.4 is 0 Å². The first-order valence-corrected chi connectivity index (χ1v) is 17.8. The third-order valence-electron chi connectivity index (χ3n) is 8.74. The van der Waals surface area contributed by atoms with Gasteiger partial charge in [-0.1, -0.05) is 81.0 Å². The lowest BCUT2D eigenvalue weighted by molar-refractivity contribution is 0.176. The summed E-state index contributed by atoms with van der Waals surface area (Å²) in [6.07, 6.45) is 6.25. The molecule has 1 fully saturated rings. The van der Waals surface area contributed by atoms with Crippen LogP contribution in [-0.2, 0) is 14.4 Å². The Morgan fingerprint density at radius 3 is 2.27 bits per heavy atom. The third kappa shape index (κ3) is 5.73. The summed E-state index contributed by atoms with van der Waals surface area (Å²) in [6, 6.07) is 17.6. The van der Waals surface area contributed by atoms with E-state index < -0.39 is 18.3 Å². The normalized spacial score (nSPS) is 26.4. The van der Waals surface area contributed by atoms with E-state index in [1.807, 2.05) is 25.1 Å². The molecule has 1 heterocycles. The molecule has 2 aromatic rings. The van der Waals surface area contributed by atoms with Crippen LogP contribution in [0.25, 0.3) is 5.57 Å². The zero-order valence-corrected chi connectivity index (χ0v) is 25.3. The van der Waals surface area contributed by atoms with E-state index >= 15 is 0 Å². The van der Waals surface area contributed by atoms with E-state index in [0.29, 0.717) is 18.0 Å². The highest BCUT2D eigenvalue weighted by Crippen LogP contribution is 2.46. The van der Waals surface area contributed by atoms with Gasteiger partial charge >= 0.3 is 0 Å². The minimum Gasteiger partial charge on any atom is -0.417 e. The van der Waals surface area contributed by atoms with Crippen LogP contribution in [0.2, 0.25) is 18.1 Å². The highest BCUT2D eigenvalue weighted by Gasteiger charge is 2.47. The summed E-state index contributed by atoms with van der Waals surface area (Å²) in [5, 5.41) is 0.125. The van der Waals surface area contributed by atoms with Gasteiger partial charge < -0.3 is 4.43 Å². The first kappa shape index (κ1) is 28.0. The molecule has 1 saturated heterocycles. The molecule has 0 radical (unpaired) electrons. The molecule has 0 saturated carbocycles. The van der Waals surface area contributed by atoms with Gasteiger partial charge in [-0.2, -0.15) is 4.31 Å². The van der Waals surface area contributed by atoms with Gasteiger partial charge in [0.25, 0.3) is 0 Å². The maximum atomic E-state index is 13.9. The Morgan fingerprint density at radius 2 is 1.65 bits per heavy atom. The van der Waals surface area contributed by atoms with Gasteiger partial charge in [-0.25, -0.2) is 8.42 Å². The van der Waals surface area contributed by atoms with Gasteiger partial charge in [0.2, 0.25) is 10.0 Å². The number of allylic oxidation sites excluding steroid dienone is 3. The van der Waals surface area contributed by atoms with Crippen molar-refractivity contribution in [1.29, 1.82) is 0 Å². The van der Waals surface area contributed by atoms with Crippen LogP contribution in [0, 0.1) is 18.8 Å². The summed E-state index contributed by atoms with van der Waals surface area (Å²) in [5.41, 5.74) is 4.74. The van der Waals surface area contributed by atoms with Crippen molar-refractivity contribution in [2.45, 2.75) is 76.5 Å². The van der Waals surface area contributed by atoms with E-state index in [9.17, 15) is 8.42 Å². The van der Waals surface area contributed by atoms with E-state index in [2.05, 4.69) is 77.2 Å². The van der Waals surface area contributed by atoms with Crippen molar-refractivity contribution in [3.63, 3.8) is 0 Å². The Balaban J connectivity index is 1.78. The summed E-state index contributed by atoms with van der Waals surface area (Å²) in [6.45, 7) is 16.5. The monoisotopic (exact) mass is 537 g/mol. The molecule has 200 valence electrons. The number of benzene rings is 2. The standard InChI is InChI=1S/C31H43NO3SSi/c1-23-17-19-27(20-18-23)36(33,34)32-21-29-28(25-13-9-8-10-14-25)16-12-11-15-26(30(29)24(32)2)22-35-37(6,7)31(3,4)5/h8-14,17-20,24,26,30H,15-16,21-22H2,1-7H3/b12-11-,29-28+/t24-,26-,30+/m1/s1. The van der Waals surface area contributed by atoms with Crippen molar-refractivity contribution in [2.24, 2.45) is 11.8 Å². The molecular weight excluding hydrogens is 494 g/mol. The van der Waals surface area contributed by atoms with Gasteiger partial charge in [0.05, 0.1) is 4.90 Å². The van der Waals surface area contributed by atoms with Gasteiger partial charge in [0.1, 0.15) is 0 Å². The minimum atomic E-state index is -3.64. The Bertz CT molecular complexity index is 1260.